The molecule has 0 fully saturated rings. The predicted octanol–water partition coefficient (Wildman–Crippen LogP) is 2.15. The lowest BCUT2D eigenvalue weighted by Gasteiger charge is -2.23. The molecule has 0 bridgehead atoms. The van der Waals surface area contributed by atoms with Crippen molar-refractivity contribution in [3.63, 3.8) is 0 Å². The lowest BCUT2D eigenvalue weighted by atomic mass is 10.0. The van der Waals surface area contributed by atoms with Gasteiger partial charge < -0.3 is 15.8 Å². The van der Waals surface area contributed by atoms with E-state index in [-0.39, 0.29) is 0 Å². The minimum atomic E-state index is 0.454. The van der Waals surface area contributed by atoms with Gasteiger partial charge in [-0.1, -0.05) is 13.8 Å². The van der Waals surface area contributed by atoms with E-state index >= 15 is 0 Å². The molecule has 3 N–H and O–H groups in total. The molecule has 3 nitrogen and oxygen atoms in total. The van der Waals surface area contributed by atoms with Crippen molar-refractivity contribution < 1.29 is 4.74 Å². The average Bonchev–Trinajstić information content (AvgIpc) is 2.23. The molecule has 16 heavy (non-hydrogen) atoms. The first-order valence-electron chi connectivity index (χ1n) is 6.55. The van der Waals surface area contributed by atoms with Crippen molar-refractivity contribution in [1.29, 1.82) is 0 Å². The molecular weight excluding hydrogens is 200 g/mol. The molecule has 0 aliphatic rings. The number of methoxy groups -OCH3 is 1. The molecule has 0 heterocycles. The summed E-state index contributed by atoms with van der Waals surface area (Å²) < 4.78 is 5.22. The summed E-state index contributed by atoms with van der Waals surface area (Å²) in [4.78, 5) is 0. The highest BCUT2D eigenvalue weighted by atomic mass is 16.5. The van der Waals surface area contributed by atoms with Crippen molar-refractivity contribution in [2.24, 2.45) is 11.7 Å². The second-order valence-electron chi connectivity index (χ2n) is 5.12. The van der Waals surface area contributed by atoms with Crippen molar-refractivity contribution >= 4 is 0 Å². The van der Waals surface area contributed by atoms with Gasteiger partial charge in [0, 0.05) is 19.2 Å². The van der Waals surface area contributed by atoms with Crippen LogP contribution in [0, 0.1) is 5.92 Å². The number of nitrogens with two attached hydrogens (primary N) is 1. The molecule has 0 aliphatic carbocycles. The van der Waals surface area contributed by atoms with E-state index in [1.54, 1.807) is 7.11 Å². The van der Waals surface area contributed by atoms with E-state index in [9.17, 15) is 0 Å². The fraction of sp³-hybridized carbons (Fsp3) is 1.00. The summed E-state index contributed by atoms with van der Waals surface area (Å²) in [6, 6.07) is 1.02. The Bertz CT molecular complexity index is 151. The van der Waals surface area contributed by atoms with E-state index in [4.69, 9.17) is 10.5 Å². The van der Waals surface area contributed by atoms with E-state index in [0.29, 0.717) is 12.1 Å². The van der Waals surface area contributed by atoms with Crippen LogP contribution in [0.3, 0.4) is 0 Å². The Hall–Kier alpha value is -0.120. The van der Waals surface area contributed by atoms with E-state index in [1.807, 2.05) is 0 Å². The van der Waals surface area contributed by atoms with Crippen LogP contribution in [0.5, 0.6) is 0 Å². The molecule has 3 heteroatoms. The lowest BCUT2D eigenvalue weighted by molar-refractivity contribution is 0.155. The molecule has 0 spiro atoms. The second-order valence-corrected chi connectivity index (χ2v) is 5.12. The molecule has 0 saturated carbocycles. The van der Waals surface area contributed by atoms with Gasteiger partial charge in [-0.25, -0.2) is 0 Å². The highest BCUT2D eigenvalue weighted by molar-refractivity contribution is 4.72. The van der Waals surface area contributed by atoms with E-state index in [2.05, 4.69) is 26.1 Å². The summed E-state index contributed by atoms with van der Waals surface area (Å²) >= 11 is 0. The third kappa shape index (κ3) is 9.13. The molecule has 0 aromatic rings. The van der Waals surface area contributed by atoms with Gasteiger partial charge >= 0.3 is 0 Å². The van der Waals surface area contributed by atoms with Crippen LogP contribution in [0.25, 0.3) is 0 Å². The van der Waals surface area contributed by atoms with Crippen molar-refractivity contribution in [3.8, 4) is 0 Å². The summed E-state index contributed by atoms with van der Waals surface area (Å²) in [5.41, 5.74) is 5.53. The van der Waals surface area contributed by atoms with Crippen LogP contribution in [0.15, 0.2) is 0 Å². The Kier molecular flexibility index (Phi) is 9.99. The zero-order valence-corrected chi connectivity index (χ0v) is 11.5. The fourth-order valence-electron chi connectivity index (χ4n) is 1.85. The second kappa shape index (κ2) is 10.1. The molecule has 2 atom stereocenters. The molecule has 2 unspecified atom stereocenters. The monoisotopic (exact) mass is 230 g/mol. The maximum absolute atomic E-state index is 5.53. The van der Waals surface area contributed by atoms with Crippen molar-refractivity contribution in [2.45, 2.75) is 58.5 Å². The third-order valence-corrected chi connectivity index (χ3v) is 2.82. The number of hydrogen-bond acceptors (Lipinski definition) is 3. The molecule has 0 aromatic heterocycles. The summed E-state index contributed by atoms with van der Waals surface area (Å²) in [6.07, 6.45) is 4.69. The Balaban J connectivity index is 3.77. The van der Waals surface area contributed by atoms with Crippen LogP contribution in [0.2, 0.25) is 0 Å². The van der Waals surface area contributed by atoms with Crippen LogP contribution in [-0.4, -0.2) is 32.3 Å². The number of rotatable bonds is 10. The van der Waals surface area contributed by atoms with Gasteiger partial charge in [0.25, 0.3) is 0 Å². The minimum Gasteiger partial charge on any atom is -0.383 e. The van der Waals surface area contributed by atoms with Crippen molar-refractivity contribution in [3.05, 3.63) is 0 Å². The Labute approximate surface area is 101 Å². The van der Waals surface area contributed by atoms with Gasteiger partial charge in [0.15, 0.2) is 0 Å². The molecule has 0 radical (unpaired) electrons. The largest absolute Gasteiger partial charge is 0.383 e. The van der Waals surface area contributed by atoms with Gasteiger partial charge in [-0.05, 0) is 45.1 Å². The molecule has 0 rings (SSSR count). The van der Waals surface area contributed by atoms with Crippen LogP contribution < -0.4 is 11.1 Å². The SMILES string of the molecule is COCC(CCCN)NC(C)CCC(C)C. The smallest absolute Gasteiger partial charge is 0.0615 e. The first kappa shape index (κ1) is 15.9. The Morgan fingerprint density at radius 3 is 2.31 bits per heavy atom. The summed E-state index contributed by atoms with van der Waals surface area (Å²) in [7, 11) is 1.76. The zero-order chi connectivity index (χ0) is 12.4. The Morgan fingerprint density at radius 1 is 1.12 bits per heavy atom. The van der Waals surface area contributed by atoms with E-state index in [1.165, 1.54) is 12.8 Å². The molecular formula is C13H30N2O. The van der Waals surface area contributed by atoms with Crippen LogP contribution in [0.4, 0.5) is 0 Å². The van der Waals surface area contributed by atoms with Gasteiger partial charge in [-0.2, -0.15) is 0 Å². The predicted molar refractivity (Wildman–Crippen MR) is 70.6 cm³/mol. The van der Waals surface area contributed by atoms with Crippen molar-refractivity contribution in [1.82, 2.24) is 5.32 Å². The summed E-state index contributed by atoms with van der Waals surface area (Å²) in [5, 5.41) is 3.63. The molecule has 0 amide bonds. The topological polar surface area (TPSA) is 47.3 Å². The number of hydrogen-bond donors (Lipinski definition) is 2. The van der Waals surface area contributed by atoms with Crippen molar-refractivity contribution in [2.75, 3.05) is 20.3 Å². The Morgan fingerprint density at radius 2 is 1.81 bits per heavy atom. The van der Waals surface area contributed by atoms with Crippen LogP contribution in [0.1, 0.15) is 46.5 Å². The summed E-state index contributed by atoms with van der Waals surface area (Å²) in [5.74, 6) is 0.786. The molecule has 98 valence electrons. The molecule has 0 saturated heterocycles. The summed E-state index contributed by atoms with van der Waals surface area (Å²) in [6.45, 7) is 8.35. The number of ether oxygens (including phenoxy) is 1. The zero-order valence-electron chi connectivity index (χ0n) is 11.5. The van der Waals surface area contributed by atoms with Gasteiger partial charge in [0.05, 0.1) is 6.61 Å². The normalized spacial score (nSPS) is 15.4. The fourth-order valence-corrected chi connectivity index (χ4v) is 1.85. The van der Waals surface area contributed by atoms with Crippen LogP contribution in [-0.2, 0) is 4.74 Å². The number of nitrogens with one attached hydrogen (secondary N) is 1. The van der Waals surface area contributed by atoms with Crippen LogP contribution >= 0.6 is 0 Å². The van der Waals surface area contributed by atoms with Gasteiger partial charge in [0.1, 0.15) is 0 Å². The maximum atomic E-state index is 5.53. The van der Waals surface area contributed by atoms with E-state index in [0.717, 1.165) is 31.9 Å². The standard InChI is InChI=1S/C13H30N2O/c1-11(2)7-8-12(3)15-13(10-16-4)6-5-9-14/h11-13,15H,5-10,14H2,1-4H3. The van der Waals surface area contributed by atoms with Gasteiger partial charge in [-0.3, -0.25) is 0 Å². The minimum absolute atomic E-state index is 0.454. The van der Waals surface area contributed by atoms with Gasteiger partial charge in [0.2, 0.25) is 0 Å². The maximum Gasteiger partial charge on any atom is 0.0615 e. The quantitative estimate of drug-likeness (QED) is 0.604. The first-order valence-corrected chi connectivity index (χ1v) is 6.55. The van der Waals surface area contributed by atoms with Gasteiger partial charge in [-0.15, -0.1) is 0 Å². The molecule has 0 aromatic carbocycles. The third-order valence-electron chi connectivity index (χ3n) is 2.82. The van der Waals surface area contributed by atoms with E-state index < -0.39 is 0 Å². The highest BCUT2D eigenvalue weighted by Crippen LogP contribution is 2.08. The highest BCUT2D eigenvalue weighted by Gasteiger charge is 2.11. The molecule has 0 aliphatic heterocycles. The lowest BCUT2D eigenvalue weighted by Crippen LogP contribution is -2.40. The first-order chi connectivity index (χ1) is 7.60. The average molecular weight is 230 g/mol.